The Morgan fingerprint density at radius 3 is 1.69 bits per heavy atom. The van der Waals surface area contributed by atoms with E-state index in [0.717, 1.165) is 16.9 Å². The van der Waals surface area contributed by atoms with Crippen molar-refractivity contribution in [1.82, 2.24) is 9.80 Å². The molecular weight excluding hydrogens is 344 g/mol. The third-order valence-corrected chi connectivity index (χ3v) is 3.44. The van der Waals surface area contributed by atoms with E-state index in [4.69, 9.17) is 14.2 Å². The van der Waals surface area contributed by atoms with Crippen LogP contribution in [0, 0.1) is 0 Å². The van der Waals surface area contributed by atoms with Gasteiger partial charge in [0.05, 0.1) is 7.11 Å². The Morgan fingerprint density at radius 2 is 1.31 bits per heavy atom. The second kappa shape index (κ2) is 7.92. The molecule has 9 nitrogen and oxygen atoms in total. The monoisotopic (exact) mass is 372 g/mol. The first kappa shape index (κ1) is 21.7. The molecule has 1 heterocycles. The van der Waals surface area contributed by atoms with Crippen LogP contribution in [0.1, 0.15) is 41.5 Å². The fourth-order valence-electron chi connectivity index (χ4n) is 2.45. The number of hydrogen-bond donors (Lipinski definition) is 0. The van der Waals surface area contributed by atoms with Crippen LogP contribution in [-0.2, 0) is 23.8 Å². The molecule has 26 heavy (non-hydrogen) atoms. The quantitative estimate of drug-likeness (QED) is 0.412. The summed E-state index contributed by atoms with van der Waals surface area (Å²) in [6, 6.07) is -2.55. The van der Waals surface area contributed by atoms with Gasteiger partial charge in [-0.25, -0.2) is 14.4 Å². The maximum Gasteiger partial charge on any atom is 0.411 e. The zero-order valence-corrected chi connectivity index (χ0v) is 16.4. The minimum absolute atomic E-state index is 0.00172. The lowest BCUT2D eigenvalue weighted by molar-refractivity contribution is -0.153. The van der Waals surface area contributed by atoms with Crippen LogP contribution in [0.25, 0.3) is 0 Å². The number of carbonyl (C=O) groups is 4. The number of piperazine rings is 1. The van der Waals surface area contributed by atoms with Crippen molar-refractivity contribution in [2.24, 2.45) is 0 Å². The zero-order chi connectivity index (χ0) is 20.3. The van der Waals surface area contributed by atoms with Gasteiger partial charge in [0.2, 0.25) is 0 Å². The highest BCUT2D eigenvalue weighted by atomic mass is 16.6. The van der Waals surface area contributed by atoms with E-state index in [1.54, 1.807) is 41.5 Å². The number of aldehydes is 1. The van der Waals surface area contributed by atoms with Gasteiger partial charge in [-0.2, -0.15) is 0 Å². The number of nitrogens with zero attached hydrogens (tertiary/aromatic N) is 2. The Hall–Kier alpha value is -2.32. The summed E-state index contributed by atoms with van der Waals surface area (Å²) in [5, 5.41) is 0. The summed E-state index contributed by atoms with van der Waals surface area (Å²) < 4.78 is 15.3. The van der Waals surface area contributed by atoms with E-state index in [9.17, 15) is 19.2 Å². The van der Waals surface area contributed by atoms with Gasteiger partial charge in [0.25, 0.3) is 0 Å². The van der Waals surface area contributed by atoms with Crippen molar-refractivity contribution in [2.45, 2.75) is 64.8 Å². The molecule has 1 rings (SSSR count). The minimum Gasteiger partial charge on any atom is -0.467 e. The van der Waals surface area contributed by atoms with Crippen LogP contribution in [0.15, 0.2) is 0 Å². The Labute approximate surface area is 153 Å². The molecule has 1 saturated heterocycles. The van der Waals surface area contributed by atoms with Gasteiger partial charge < -0.3 is 19.0 Å². The summed E-state index contributed by atoms with van der Waals surface area (Å²) in [6.07, 6.45) is -1.07. The van der Waals surface area contributed by atoms with E-state index in [1.807, 2.05) is 0 Å². The lowest BCUT2D eigenvalue weighted by Gasteiger charge is -2.43. The first-order chi connectivity index (χ1) is 11.8. The fraction of sp³-hybridized carbons (Fsp3) is 0.765. The lowest BCUT2D eigenvalue weighted by Crippen LogP contribution is -2.66. The van der Waals surface area contributed by atoms with Crippen LogP contribution in [-0.4, -0.2) is 77.7 Å². The molecule has 0 N–H and O–H groups in total. The molecule has 2 atom stereocenters. The van der Waals surface area contributed by atoms with Gasteiger partial charge in [-0.05, 0) is 41.5 Å². The smallest absolute Gasteiger partial charge is 0.411 e. The average molecular weight is 372 g/mol. The topological polar surface area (TPSA) is 102 Å². The zero-order valence-electron chi connectivity index (χ0n) is 16.4. The molecule has 0 bridgehead atoms. The lowest BCUT2D eigenvalue weighted by atomic mass is 10.0. The summed E-state index contributed by atoms with van der Waals surface area (Å²) in [5.74, 6) is -0.818. The normalized spacial score (nSPS) is 21.0. The molecule has 0 spiro atoms. The largest absolute Gasteiger partial charge is 0.467 e. The second-order valence-electron chi connectivity index (χ2n) is 7.94. The summed E-state index contributed by atoms with van der Waals surface area (Å²) in [5.41, 5.74) is -1.55. The third kappa shape index (κ3) is 5.60. The third-order valence-electron chi connectivity index (χ3n) is 3.44. The molecule has 1 aliphatic heterocycles. The highest BCUT2D eigenvalue weighted by Gasteiger charge is 2.47. The fourth-order valence-corrected chi connectivity index (χ4v) is 2.45. The van der Waals surface area contributed by atoms with Crippen LogP contribution in [0.3, 0.4) is 0 Å². The number of methoxy groups -OCH3 is 1. The predicted molar refractivity (Wildman–Crippen MR) is 91.5 cm³/mol. The van der Waals surface area contributed by atoms with Crippen LogP contribution in [0.2, 0.25) is 0 Å². The average Bonchev–Trinajstić information content (AvgIpc) is 2.49. The molecule has 0 aromatic heterocycles. The van der Waals surface area contributed by atoms with Crippen LogP contribution in [0.5, 0.6) is 0 Å². The van der Waals surface area contributed by atoms with Gasteiger partial charge in [-0.15, -0.1) is 0 Å². The van der Waals surface area contributed by atoms with E-state index >= 15 is 0 Å². The number of esters is 1. The summed E-state index contributed by atoms with van der Waals surface area (Å²) >= 11 is 0. The van der Waals surface area contributed by atoms with Crippen molar-refractivity contribution >= 4 is 24.4 Å². The standard InChI is InChI=1S/C17H28N2O7/c1-16(2,3)25-14(22)18-8-9-19(15(23)26-17(4,5)6)12(11(18)10-20)13(21)24-7/h10-12H,8-9H2,1-7H3/t11-,12+/m0/s1. The molecule has 0 radical (unpaired) electrons. The summed E-state index contributed by atoms with van der Waals surface area (Å²) in [6.45, 7) is 10.1. The van der Waals surface area contributed by atoms with Crippen molar-refractivity contribution in [3.8, 4) is 0 Å². The van der Waals surface area contributed by atoms with Crippen molar-refractivity contribution < 1.29 is 33.4 Å². The summed E-state index contributed by atoms with van der Waals surface area (Å²) in [4.78, 5) is 51.0. The van der Waals surface area contributed by atoms with Gasteiger partial charge in [0.15, 0.2) is 6.04 Å². The first-order valence-electron chi connectivity index (χ1n) is 8.33. The van der Waals surface area contributed by atoms with Crippen molar-refractivity contribution in [3.63, 3.8) is 0 Å². The van der Waals surface area contributed by atoms with Crippen LogP contribution in [0.4, 0.5) is 9.59 Å². The Bertz CT molecular complexity index is 562. The molecule has 1 fully saturated rings. The van der Waals surface area contributed by atoms with Gasteiger partial charge in [-0.1, -0.05) is 0 Å². The van der Waals surface area contributed by atoms with Crippen molar-refractivity contribution in [2.75, 3.05) is 20.2 Å². The maximum absolute atomic E-state index is 12.5. The number of amides is 2. The second-order valence-corrected chi connectivity index (χ2v) is 7.94. The Balaban J connectivity index is 3.14. The van der Waals surface area contributed by atoms with E-state index < -0.39 is 41.4 Å². The Morgan fingerprint density at radius 1 is 0.885 bits per heavy atom. The van der Waals surface area contributed by atoms with Gasteiger partial charge in [0.1, 0.15) is 23.5 Å². The van der Waals surface area contributed by atoms with Gasteiger partial charge >= 0.3 is 18.2 Å². The molecular formula is C17H28N2O7. The molecule has 2 amide bonds. The molecule has 148 valence electrons. The summed E-state index contributed by atoms with van der Waals surface area (Å²) in [7, 11) is 1.14. The highest BCUT2D eigenvalue weighted by molar-refractivity contribution is 5.88. The van der Waals surface area contributed by atoms with E-state index in [-0.39, 0.29) is 13.1 Å². The van der Waals surface area contributed by atoms with E-state index in [1.165, 1.54) is 0 Å². The van der Waals surface area contributed by atoms with Gasteiger partial charge in [0, 0.05) is 13.1 Å². The molecule has 0 aromatic rings. The number of rotatable bonds is 2. The van der Waals surface area contributed by atoms with E-state index in [2.05, 4.69) is 0 Å². The molecule has 1 aliphatic rings. The number of hydrogen-bond acceptors (Lipinski definition) is 7. The Kier molecular flexibility index (Phi) is 6.62. The van der Waals surface area contributed by atoms with E-state index in [0.29, 0.717) is 6.29 Å². The predicted octanol–water partition coefficient (Wildman–Crippen LogP) is 1.58. The molecule has 9 heteroatoms. The number of ether oxygens (including phenoxy) is 3. The highest BCUT2D eigenvalue weighted by Crippen LogP contribution is 2.23. The molecule has 0 aromatic carbocycles. The van der Waals surface area contributed by atoms with Crippen molar-refractivity contribution in [1.29, 1.82) is 0 Å². The molecule has 0 aliphatic carbocycles. The van der Waals surface area contributed by atoms with Crippen LogP contribution >= 0.6 is 0 Å². The maximum atomic E-state index is 12.5. The number of carbonyl (C=O) groups excluding carboxylic acids is 4. The van der Waals surface area contributed by atoms with Crippen molar-refractivity contribution in [3.05, 3.63) is 0 Å². The SMILES string of the molecule is COC(=O)[C@H]1[C@H](C=O)N(C(=O)OC(C)(C)C)CCN1C(=O)OC(C)(C)C. The van der Waals surface area contributed by atoms with Crippen LogP contribution < -0.4 is 0 Å². The first-order valence-corrected chi connectivity index (χ1v) is 8.33. The molecule has 0 saturated carbocycles. The van der Waals surface area contributed by atoms with Gasteiger partial charge in [-0.3, -0.25) is 9.80 Å². The minimum atomic E-state index is -1.31. The molecule has 0 unspecified atom stereocenters.